The molecule has 2 atom stereocenters. The molecular formula is C16H16FN5O2S. The van der Waals surface area contributed by atoms with Gasteiger partial charge in [0.2, 0.25) is 0 Å². The predicted octanol–water partition coefficient (Wildman–Crippen LogP) is 1.27. The van der Waals surface area contributed by atoms with Crippen LogP contribution in [0.25, 0.3) is 10.9 Å². The first-order chi connectivity index (χ1) is 12.0. The van der Waals surface area contributed by atoms with Crippen LogP contribution in [-0.2, 0) is 16.2 Å². The number of carbonyl (C=O) groups excluding carboxylic acids is 1. The van der Waals surface area contributed by atoms with Crippen LogP contribution in [0.3, 0.4) is 0 Å². The maximum atomic E-state index is 13.8. The Morgan fingerprint density at radius 1 is 1.52 bits per heavy atom. The maximum absolute atomic E-state index is 13.8. The summed E-state index contributed by atoms with van der Waals surface area (Å²) in [5.74, 6) is -0.621. The molecule has 1 saturated heterocycles. The van der Waals surface area contributed by atoms with Gasteiger partial charge < -0.3 is 9.45 Å². The normalized spacial score (nSPS) is 18.6. The van der Waals surface area contributed by atoms with E-state index in [2.05, 4.69) is 14.7 Å². The van der Waals surface area contributed by atoms with E-state index in [1.54, 1.807) is 0 Å². The zero-order valence-corrected chi connectivity index (χ0v) is 14.3. The van der Waals surface area contributed by atoms with Gasteiger partial charge in [0, 0.05) is 24.5 Å². The van der Waals surface area contributed by atoms with Crippen molar-refractivity contribution in [2.24, 2.45) is 5.92 Å². The number of rotatable bonds is 3. The van der Waals surface area contributed by atoms with Gasteiger partial charge in [-0.25, -0.2) is 14.4 Å². The Morgan fingerprint density at radius 2 is 2.32 bits per heavy atom. The largest absolute Gasteiger partial charge is 0.593 e. The number of aromatic nitrogens is 2. The number of carbonyl (C=O) groups is 1. The van der Waals surface area contributed by atoms with Gasteiger partial charge in [0.1, 0.15) is 30.3 Å². The molecule has 9 heteroatoms. The number of nitrogens with one attached hydrogen (secondary N) is 1. The first kappa shape index (κ1) is 17.4. The Kier molecular flexibility index (Phi) is 5.01. The molecule has 25 heavy (non-hydrogen) atoms. The maximum Gasteiger partial charge on any atom is 0.266 e. The molecule has 1 aliphatic heterocycles. The van der Waals surface area contributed by atoms with Crippen molar-refractivity contribution >= 4 is 34.0 Å². The average molecular weight is 361 g/mol. The van der Waals surface area contributed by atoms with Gasteiger partial charge in [0.05, 0.1) is 28.4 Å². The third-order valence-electron chi connectivity index (χ3n) is 4.16. The van der Waals surface area contributed by atoms with Gasteiger partial charge >= 0.3 is 0 Å². The van der Waals surface area contributed by atoms with E-state index in [1.807, 2.05) is 11.0 Å². The highest BCUT2D eigenvalue weighted by Gasteiger charge is 2.29. The molecule has 2 heterocycles. The monoisotopic (exact) mass is 361 g/mol. The van der Waals surface area contributed by atoms with E-state index in [1.165, 1.54) is 24.7 Å². The third kappa shape index (κ3) is 3.65. The highest BCUT2D eigenvalue weighted by atomic mass is 32.2. The third-order valence-corrected chi connectivity index (χ3v) is 4.65. The minimum atomic E-state index is -1.40. The van der Waals surface area contributed by atoms with Crippen LogP contribution in [0.1, 0.15) is 18.4 Å². The van der Waals surface area contributed by atoms with Crippen molar-refractivity contribution in [3.8, 4) is 6.07 Å². The Hall–Kier alpha value is -2.44. The van der Waals surface area contributed by atoms with E-state index >= 15 is 0 Å². The quantitative estimate of drug-likeness (QED) is 0.826. The van der Waals surface area contributed by atoms with Gasteiger partial charge in [-0.2, -0.15) is 9.98 Å². The first-order valence-electron chi connectivity index (χ1n) is 7.73. The lowest BCUT2D eigenvalue weighted by Crippen LogP contribution is -2.44. The lowest BCUT2D eigenvalue weighted by molar-refractivity contribution is -0.123. The van der Waals surface area contributed by atoms with Gasteiger partial charge in [-0.15, -0.1) is 0 Å². The Morgan fingerprint density at radius 3 is 3.04 bits per heavy atom. The fraction of sp³-hybridized carbons (Fsp3) is 0.375. The molecule has 1 aliphatic rings. The van der Waals surface area contributed by atoms with Crippen molar-refractivity contribution in [3.05, 3.63) is 29.8 Å². The summed E-state index contributed by atoms with van der Waals surface area (Å²) >= 11 is -1.40. The fourth-order valence-electron chi connectivity index (χ4n) is 3.01. The van der Waals surface area contributed by atoms with Crippen LogP contribution >= 0.6 is 0 Å². The summed E-state index contributed by atoms with van der Waals surface area (Å²) in [6.07, 6.45) is 4.22. The van der Waals surface area contributed by atoms with Crippen LogP contribution in [0, 0.1) is 23.1 Å². The van der Waals surface area contributed by atoms with E-state index in [9.17, 15) is 13.7 Å². The molecule has 1 fully saturated rings. The van der Waals surface area contributed by atoms with Crippen LogP contribution in [0.5, 0.6) is 0 Å². The summed E-state index contributed by atoms with van der Waals surface area (Å²) in [6.45, 7) is 1.10. The number of hydrogen-bond donors (Lipinski definition) is 1. The summed E-state index contributed by atoms with van der Waals surface area (Å²) in [6, 6.07) is 4.47. The van der Waals surface area contributed by atoms with Gasteiger partial charge in [-0.3, -0.25) is 4.79 Å². The lowest BCUT2D eigenvalue weighted by atomic mass is 9.97. The second-order valence-electron chi connectivity index (χ2n) is 5.86. The summed E-state index contributed by atoms with van der Waals surface area (Å²) in [5.41, 5.74) is 0.332. The van der Waals surface area contributed by atoms with E-state index in [4.69, 9.17) is 5.26 Å². The molecule has 0 saturated carbocycles. The molecule has 0 bridgehead atoms. The Balaban J connectivity index is 1.93. The molecule has 3 rings (SSSR count). The minimum Gasteiger partial charge on any atom is -0.593 e. The lowest BCUT2D eigenvalue weighted by Gasteiger charge is -2.33. The molecular weight excluding hydrogens is 345 g/mol. The predicted molar refractivity (Wildman–Crippen MR) is 91.4 cm³/mol. The molecule has 1 aromatic heterocycles. The minimum absolute atomic E-state index is 0.0729. The highest BCUT2D eigenvalue weighted by molar-refractivity contribution is 7.89. The van der Waals surface area contributed by atoms with E-state index in [-0.39, 0.29) is 17.4 Å². The first-order valence-corrected chi connectivity index (χ1v) is 9.28. The molecule has 7 nitrogen and oxygen atoms in total. The highest BCUT2D eigenvalue weighted by Crippen LogP contribution is 2.29. The number of anilines is 1. The van der Waals surface area contributed by atoms with Crippen molar-refractivity contribution in [2.75, 3.05) is 24.2 Å². The molecule has 0 aliphatic carbocycles. The van der Waals surface area contributed by atoms with Crippen molar-refractivity contribution in [3.63, 3.8) is 0 Å². The van der Waals surface area contributed by atoms with E-state index in [0.29, 0.717) is 36.2 Å². The van der Waals surface area contributed by atoms with Crippen LogP contribution in [0.15, 0.2) is 18.5 Å². The van der Waals surface area contributed by atoms with Crippen molar-refractivity contribution in [1.82, 2.24) is 14.7 Å². The fourth-order valence-corrected chi connectivity index (χ4v) is 3.46. The number of hydrogen-bond acceptors (Lipinski definition) is 6. The van der Waals surface area contributed by atoms with Crippen molar-refractivity contribution in [1.29, 1.82) is 5.26 Å². The molecule has 0 radical (unpaired) electrons. The Bertz CT molecular complexity index is 854. The van der Waals surface area contributed by atoms with Crippen molar-refractivity contribution in [2.45, 2.75) is 12.8 Å². The molecule has 1 N–H and O–H groups in total. The molecule has 1 aromatic carbocycles. The molecule has 1 amide bonds. The standard InChI is InChI=1S/C16H16FN5O2S/c1-25(24)21-16(23)10-3-2-4-22(8-10)15-12-5-11(7-18)13(17)6-14(12)19-9-20-15/h5-6,9-10H,2-4,8H2,1H3,(H,21,23). The molecule has 2 unspecified atom stereocenters. The van der Waals surface area contributed by atoms with Crippen LogP contribution < -0.4 is 9.62 Å². The second kappa shape index (κ2) is 7.21. The topological polar surface area (TPSA) is 105 Å². The van der Waals surface area contributed by atoms with E-state index in [0.717, 1.165) is 6.42 Å². The van der Waals surface area contributed by atoms with Gasteiger partial charge in [0.15, 0.2) is 0 Å². The summed E-state index contributed by atoms with van der Waals surface area (Å²) in [5, 5.41) is 9.62. The Labute approximate surface area is 147 Å². The number of piperidine rings is 1. The number of halogens is 1. The van der Waals surface area contributed by atoms with E-state index < -0.39 is 17.2 Å². The van der Waals surface area contributed by atoms with Gasteiger partial charge in [0.25, 0.3) is 5.91 Å². The van der Waals surface area contributed by atoms with Crippen molar-refractivity contribution < 1.29 is 13.7 Å². The SMILES string of the molecule is C[S+]([O-])NC(=O)C1CCCN(c2ncnc3cc(F)c(C#N)cc23)C1. The molecule has 130 valence electrons. The number of benzene rings is 1. The number of nitrogens with zero attached hydrogens (tertiary/aromatic N) is 4. The summed E-state index contributed by atoms with van der Waals surface area (Å²) in [7, 11) is 0. The molecule has 0 spiro atoms. The van der Waals surface area contributed by atoms with Gasteiger partial charge in [-0.05, 0) is 18.9 Å². The number of amides is 1. The zero-order valence-electron chi connectivity index (χ0n) is 13.5. The number of fused-ring (bicyclic) bond motifs is 1. The number of nitriles is 1. The smallest absolute Gasteiger partial charge is 0.266 e. The van der Waals surface area contributed by atoms with Crippen LogP contribution in [0.4, 0.5) is 10.2 Å². The summed E-state index contributed by atoms with van der Waals surface area (Å²) in [4.78, 5) is 22.4. The van der Waals surface area contributed by atoms with Gasteiger partial charge in [-0.1, -0.05) is 0 Å². The van der Waals surface area contributed by atoms with Crippen LogP contribution in [0.2, 0.25) is 0 Å². The van der Waals surface area contributed by atoms with Crippen LogP contribution in [-0.4, -0.2) is 39.8 Å². The average Bonchev–Trinajstić information content (AvgIpc) is 2.60. The second-order valence-corrected chi connectivity index (χ2v) is 6.98. The zero-order chi connectivity index (χ0) is 18.0. The molecule has 2 aromatic rings. The summed E-state index contributed by atoms with van der Waals surface area (Å²) < 4.78 is 27.4.